The Kier molecular flexibility index (Phi) is 4.27. The third-order valence-electron chi connectivity index (χ3n) is 3.13. The minimum absolute atomic E-state index is 0.199. The van der Waals surface area contributed by atoms with E-state index in [4.69, 9.17) is 10.1 Å². The fourth-order valence-electron chi connectivity index (χ4n) is 2.40. The molecule has 0 aromatic heterocycles. The van der Waals surface area contributed by atoms with Crippen molar-refractivity contribution in [3.05, 3.63) is 29.8 Å². The van der Waals surface area contributed by atoms with Gasteiger partial charge in [-0.15, -0.1) is 0 Å². The number of rotatable bonds is 5. The molecule has 1 heterocycles. The van der Waals surface area contributed by atoms with E-state index in [9.17, 15) is 4.79 Å². The van der Waals surface area contributed by atoms with Crippen LogP contribution in [-0.4, -0.2) is 29.9 Å². The molecular formula is C15H21N3O2. The molecule has 1 aromatic carbocycles. The summed E-state index contributed by atoms with van der Waals surface area (Å²) < 4.78 is 5.49. The SMILES string of the molecule is CCOc1cccc(C2C(=N)NC(=O)N2CC(C)C)c1. The summed E-state index contributed by atoms with van der Waals surface area (Å²) in [5.41, 5.74) is 0.903. The number of amides is 2. The average Bonchev–Trinajstić information content (AvgIpc) is 2.64. The maximum absolute atomic E-state index is 12.0. The second-order valence-corrected chi connectivity index (χ2v) is 5.30. The molecule has 5 nitrogen and oxygen atoms in total. The smallest absolute Gasteiger partial charge is 0.323 e. The summed E-state index contributed by atoms with van der Waals surface area (Å²) in [6.45, 7) is 7.27. The highest BCUT2D eigenvalue weighted by molar-refractivity contribution is 6.06. The van der Waals surface area contributed by atoms with E-state index in [1.165, 1.54) is 0 Å². The van der Waals surface area contributed by atoms with Crippen molar-refractivity contribution in [2.45, 2.75) is 26.8 Å². The summed E-state index contributed by atoms with van der Waals surface area (Å²) in [4.78, 5) is 13.7. The first kappa shape index (κ1) is 14.4. The van der Waals surface area contributed by atoms with Gasteiger partial charge in [-0.2, -0.15) is 0 Å². The zero-order valence-corrected chi connectivity index (χ0v) is 12.1. The van der Waals surface area contributed by atoms with Crippen LogP contribution in [0.15, 0.2) is 24.3 Å². The van der Waals surface area contributed by atoms with Crippen molar-refractivity contribution in [1.29, 1.82) is 5.41 Å². The van der Waals surface area contributed by atoms with E-state index in [1.807, 2.05) is 31.2 Å². The molecule has 1 atom stereocenters. The summed E-state index contributed by atoms with van der Waals surface area (Å²) in [6.07, 6.45) is 0. The molecule has 0 radical (unpaired) electrons. The Bertz CT molecular complexity index is 514. The van der Waals surface area contributed by atoms with Gasteiger partial charge in [-0.25, -0.2) is 4.79 Å². The first-order valence-corrected chi connectivity index (χ1v) is 6.91. The number of nitrogens with one attached hydrogen (secondary N) is 2. The molecule has 1 unspecified atom stereocenters. The number of carbonyl (C=O) groups excluding carboxylic acids is 1. The van der Waals surface area contributed by atoms with Crippen molar-refractivity contribution < 1.29 is 9.53 Å². The molecule has 2 N–H and O–H groups in total. The number of amidine groups is 1. The van der Waals surface area contributed by atoms with Crippen LogP contribution in [0.2, 0.25) is 0 Å². The van der Waals surface area contributed by atoms with Gasteiger partial charge in [0.25, 0.3) is 0 Å². The first-order chi connectivity index (χ1) is 9.52. The average molecular weight is 275 g/mol. The Hall–Kier alpha value is -2.04. The van der Waals surface area contributed by atoms with E-state index >= 15 is 0 Å². The molecule has 1 aliphatic rings. The highest BCUT2D eigenvalue weighted by Gasteiger charge is 2.36. The quantitative estimate of drug-likeness (QED) is 0.867. The summed E-state index contributed by atoms with van der Waals surface area (Å²) >= 11 is 0. The Morgan fingerprint density at radius 1 is 1.45 bits per heavy atom. The van der Waals surface area contributed by atoms with Crippen LogP contribution in [0.5, 0.6) is 5.75 Å². The third-order valence-corrected chi connectivity index (χ3v) is 3.13. The van der Waals surface area contributed by atoms with Gasteiger partial charge in [0.15, 0.2) is 0 Å². The van der Waals surface area contributed by atoms with Crippen molar-refractivity contribution in [1.82, 2.24) is 10.2 Å². The normalized spacial score (nSPS) is 18.6. The summed E-state index contributed by atoms with van der Waals surface area (Å²) in [7, 11) is 0. The molecule has 20 heavy (non-hydrogen) atoms. The Morgan fingerprint density at radius 2 is 2.20 bits per heavy atom. The zero-order valence-electron chi connectivity index (χ0n) is 12.1. The summed E-state index contributed by atoms with van der Waals surface area (Å²) in [5.74, 6) is 1.34. The molecule has 1 saturated heterocycles. The molecule has 1 fully saturated rings. The highest BCUT2D eigenvalue weighted by atomic mass is 16.5. The Morgan fingerprint density at radius 3 is 2.85 bits per heavy atom. The van der Waals surface area contributed by atoms with Gasteiger partial charge in [-0.1, -0.05) is 26.0 Å². The largest absolute Gasteiger partial charge is 0.494 e. The second kappa shape index (κ2) is 5.94. The van der Waals surface area contributed by atoms with Crippen molar-refractivity contribution in [2.24, 2.45) is 5.92 Å². The lowest BCUT2D eigenvalue weighted by Crippen LogP contribution is -2.33. The lowest BCUT2D eigenvalue weighted by Gasteiger charge is -2.25. The molecular weight excluding hydrogens is 254 g/mol. The number of nitrogens with zero attached hydrogens (tertiary/aromatic N) is 1. The van der Waals surface area contributed by atoms with Crippen molar-refractivity contribution >= 4 is 11.9 Å². The number of urea groups is 1. The monoisotopic (exact) mass is 275 g/mol. The van der Waals surface area contributed by atoms with Gasteiger partial charge in [0.1, 0.15) is 17.6 Å². The van der Waals surface area contributed by atoms with Crippen LogP contribution in [0.3, 0.4) is 0 Å². The maximum atomic E-state index is 12.0. The van der Waals surface area contributed by atoms with E-state index in [0.29, 0.717) is 19.1 Å². The van der Waals surface area contributed by atoms with E-state index in [0.717, 1.165) is 11.3 Å². The van der Waals surface area contributed by atoms with Crippen molar-refractivity contribution in [3.8, 4) is 5.75 Å². The molecule has 0 aliphatic carbocycles. The Balaban J connectivity index is 2.30. The van der Waals surface area contributed by atoms with E-state index in [-0.39, 0.29) is 17.9 Å². The molecule has 0 bridgehead atoms. The minimum Gasteiger partial charge on any atom is -0.494 e. The van der Waals surface area contributed by atoms with Crippen LogP contribution in [0.4, 0.5) is 4.79 Å². The molecule has 0 spiro atoms. The predicted molar refractivity (Wildman–Crippen MR) is 78.2 cm³/mol. The predicted octanol–water partition coefficient (Wildman–Crippen LogP) is 2.78. The van der Waals surface area contributed by atoms with Gasteiger partial charge in [0, 0.05) is 6.54 Å². The summed E-state index contributed by atoms with van der Waals surface area (Å²) in [5, 5.41) is 10.6. The second-order valence-electron chi connectivity index (χ2n) is 5.30. The van der Waals surface area contributed by atoms with Gasteiger partial charge in [-0.3, -0.25) is 10.7 Å². The molecule has 5 heteroatoms. The number of benzene rings is 1. The van der Waals surface area contributed by atoms with Gasteiger partial charge in [0.2, 0.25) is 0 Å². The first-order valence-electron chi connectivity index (χ1n) is 6.91. The number of ether oxygens (including phenoxy) is 1. The van der Waals surface area contributed by atoms with E-state index in [1.54, 1.807) is 4.90 Å². The van der Waals surface area contributed by atoms with Crippen LogP contribution in [0.25, 0.3) is 0 Å². The van der Waals surface area contributed by atoms with Crippen LogP contribution in [-0.2, 0) is 0 Å². The van der Waals surface area contributed by atoms with Gasteiger partial charge >= 0.3 is 6.03 Å². The van der Waals surface area contributed by atoms with Crippen LogP contribution < -0.4 is 10.1 Å². The van der Waals surface area contributed by atoms with Gasteiger partial charge in [0.05, 0.1) is 6.61 Å². The molecule has 2 amide bonds. The van der Waals surface area contributed by atoms with Crippen molar-refractivity contribution in [2.75, 3.05) is 13.2 Å². The lowest BCUT2D eigenvalue weighted by molar-refractivity contribution is 0.198. The van der Waals surface area contributed by atoms with Crippen LogP contribution in [0, 0.1) is 11.3 Å². The van der Waals surface area contributed by atoms with Crippen molar-refractivity contribution in [3.63, 3.8) is 0 Å². The topological polar surface area (TPSA) is 65.4 Å². The Labute approximate surface area is 119 Å². The lowest BCUT2D eigenvalue weighted by atomic mass is 10.0. The highest BCUT2D eigenvalue weighted by Crippen LogP contribution is 2.29. The van der Waals surface area contributed by atoms with E-state index in [2.05, 4.69) is 19.2 Å². The number of carbonyl (C=O) groups is 1. The molecule has 1 aliphatic heterocycles. The van der Waals surface area contributed by atoms with Crippen LogP contribution >= 0.6 is 0 Å². The van der Waals surface area contributed by atoms with Gasteiger partial charge < -0.3 is 9.64 Å². The standard InChI is InChI=1S/C15H21N3O2/c1-4-20-12-7-5-6-11(8-12)13-14(16)17-15(19)18(13)9-10(2)3/h5-8,10,13H,4,9H2,1-3H3,(H2,16,17,19). The molecule has 1 aromatic rings. The van der Waals surface area contributed by atoms with E-state index < -0.39 is 0 Å². The number of hydrogen-bond donors (Lipinski definition) is 2. The fraction of sp³-hybridized carbons (Fsp3) is 0.467. The maximum Gasteiger partial charge on any atom is 0.323 e. The zero-order chi connectivity index (χ0) is 14.7. The number of hydrogen-bond acceptors (Lipinski definition) is 3. The molecule has 0 saturated carbocycles. The fourth-order valence-corrected chi connectivity index (χ4v) is 2.40. The molecule has 2 rings (SSSR count). The molecule has 108 valence electrons. The summed E-state index contributed by atoms with van der Waals surface area (Å²) in [6, 6.07) is 7.06. The van der Waals surface area contributed by atoms with Crippen LogP contribution in [0.1, 0.15) is 32.4 Å². The van der Waals surface area contributed by atoms with Gasteiger partial charge in [-0.05, 0) is 30.5 Å². The minimum atomic E-state index is -0.342. The third kappa shape index (κ3) is 2.92.